The quantitative estimate of drug-likeness (QED) is 0.841. The first kappa shape index (κ1) is 18.7. The van der Waals surface area contributed by atoms with Gasteiger partial charge in [0.15, 0.2) is 11.9 Å². The maximum absolute atomic E-state index is 13.3. The topological polar surface area (TPSA) is 76.5 Å². The zero-order chi connectivity index (χ0) is 19.8. The number of nitrogens with one attached hydrogen (secondary N) is 1. The lowest BCUT2D eigenvalue weighted by molar-refractivity contribution is -0.134. The molecule has 2 atom stereocenters. The van der Waals surface area contributed by atoms with Crippen molar-refractivity contribution in [2.75, 3.05) is 6.54 Å². The summed E-state index contributed by atoms with van der Waals surface area (Å²) in [5.41, 5.74) is 1.42. The summed E-state index contributed by atoms with van der Waals surface area (Å²) in [5, 5.41) is 7.08. The minimum atomic E-state index is -0.529. The van der Waals surface area contributed by atoms with Gasteiger partial charge in [0.05, 0.1) is 36.4 Å². The summed E-state index contributed by atoms with van der Waals surface area (Å²) < 4.78 is 21.0. The highest BCUT2D eigenvalue weighted by molar-refractivity contribution is 6.30. The maximum atomic E-state index is 13.3. The Morgan fingerprint density at radius 3 is 3.00 bits per heavy atom. The monoisotopic (exact) mass is 406 g/mol. The second-order valence-electron chi connectivity index (χ2n) is 7.12. The van der Waals surface area contributed by atoms with E-state index in [4.69, 9.17) is 16.3 Å². The molecule has 148 valence electrons. The first-order valence-electron chi connectivity index (χ1n) is 9.15. The van der Waals surface area contributed by atoms with Crippen molar-refractivity contribution in [2.24, 2.45) is 0 Å². The third-order valence-electron chi connectivity index (χ3n) is 5.13. The molecule has 1 fully saturated rings. The summed E-state index contributed by atoms with van der Waals surface area (Å²) >= 11 is 5.82. The number of carbonyl (C=O) groups excluding carboxylic acids is 2. The van der Waals surface area contributed by atoms with Gasteiger partial charge in [-0.15, -0.1) is 0 Å². The van der Waals surface area contributed by atoms with Gasteiger partial charge in [0.25, 0.3) is 5.91 Å². The molecule has 0 saturated carbocycles. The van der Waals surface area contributed by atoms with Crippen molar-refractivity contribution in [2.45, 2.75) is 45.0 Å². The maximum Gasteiger partial charge on any atom is 0.261 e. The fourth-order valence-electron chi connectivity index (χ4n) is 3.57. The van der Waals surface area contributed by atoms with Crippen molar-refractivity contribution < 1.29 is 18.7 Å². The van der Waals surface area contributed by atoms with E-state index in [1.54, 1.807) is 17.2 Å². The van der Waals surface area contributed by atoms with Gasteiger partial charge in [-0.05, 0) is 24.6 Å². The first-order valence-corrected chi connectivity index (χ1v) is 9.52. The van der Waals surface area contributed by atoms with E-state index in [2.05, 4.69) is 10.4 Å². The number of fused-ring (bicyclic) bond motifs is 1. The van der Waals surface area contributed by atoms with Crippen molar-refractivity contribution in [1.29, 1.82) is 0 Å². The van der Waals surface area contributed by atoms with Gasteiger partial charge < -0.3 is 15.0 Å². The SMILES string of the molecule is C[C@H]1Cn2ncc(OC3CCNC3=O)c2CN1C(=O)Cc1ccc(F)c(Cl)c1. The van der Waals surface area contributed by atoms with E-state index in [9.17, 15) is 14.0 Å². The smallest absolute Gasteiger partial charge is 0.261 e. The van der Waals surface area contributed by atoms with Gasteiger partial charge >= 0.3 is 0 Å². The third kappa shape index (κ3) is 3.56. The largest absolute Gasteiger partial charge is 0.477 e. The van der Waals surface area contributed by atoms with E-state index >= 15 is 0 Å². The van der Waals surface area contributed by atoms with Crippen molar-refractivity contribution in [3.8, 4) is 5.75 Å². The number of aromatic nitrogens is 2. The fourth-order valence-corrected chi connectivity index (χ4v) is 3.77. The average molecular weight is 407 g/mol. The van der Waals surface area contributed by atoms with Gasteiger partial charge in [0, 0.05) is 19.0 Å². The lowest BCUT2D eigenvalue weighted by Gasteiger charge is -2.34. The van der Waals surface area contributed by atoms with E-state index in [-0.39, 0.29) is 29.3 Å². The van der Waals surface area contributed by atoms with Gasteiger partial charge in [-0.1, -0.05) is 17.7 Å². The van der Waals surface area contributed by atoms with E-state index in [0.29, 0.717) is 37.4 Å². The van der Waals surface area contributed by atoms with Crippen LogP contribution in [0.4, 0.5) is 4.39 Å². The first-order chi connectivity index (χ1) is 13.4. The predicted octanol–water partition coefficient (Wildman–Crippen LogP) is 1.92. The van der Waals surface area contributed by atoms with E-state index in [0.717, 1.165) is 5.69 Å². The molecule has 7 nitrogen and oxygen atoms in total. The van der Waals surface area contributed by atoms with Crippen LogP contribution in [-0.4, -0.2) is 45.2 Å². The van der Waals surface area contributed by atoms with Gasteiger partial charge in [-0.3, -0.25) is 14.3 Å². The Morgan fingerprint density at radius 2 is 2.29 bits per heavy atom. The summed E-state index contributed by atoms with van der Waals surface area (Å²) in [6, 6.07) is 4.24. The number of amides is 2. The second kappa shape index (κ2) is 7.43. The molecular weight excluding hydrogens is 387 g/mol. The molecule has 2 aliphatic heterocycles. The zero-order valence-corrected chi connectivity index (χ0v) is 16.1. The lowest BCUT2D eigenvalue weighted by atomic mass is 10.1. The third-order valence-corrected chi connectivity index (χ3v) is 5.42. The number of nitrogens with zero attached hydrogens (tertiary/aromatic N) is 3. The highest BCUT2D eigenvalue weighted by Gasteiger charge is 2.32. The minimum absolute atomic E-state index is 0.000551. The molecular formula is C19H20ClFN4O3. The Morgan fingerprint density at radius 1 is 1.46 bits per heavy atom. The normalized spacial score (nSPS) is 21.4. The highest BCUT2D eigenvalue weighted by Crippen LogP contribution is 2.28. The Hall–Kier alpha value is -2.61. The molecule has 0 aliphatic carbocycles. The Bertz CT molecular complexity index is 932. The molecule has 1 N–H and O–H groups in total. The molecule has 1 aromatic carbocycles. The minimum Gasteiger partial charge on any atom is -0.477 e. The van der Waals surface area contributed by atoms with Crippen LogP contribution < -0.4 is 10.1 Å². The van der Waals surface area contributed by atoms with E-state index in [1.165, 1.54) is 12.1 Å². The Labute approximate surface area is 166 Å². The molecule has 2 amide bonds. The summed E-state index contributed by atoms with van der Waals surface area (Å²) in [6.45, 7) is 3.41. The van der Waals surface area contributed by atoms with Crippen molar-refractivity contribution in [3.63, 3.8) is 0 Å². The molecule has 4 rings (SSSR count). The molecule has 9 heteroatoms. The second-order valence-corrected chi connectivity index (χ2v) is 7.53. The number of halogens is 2. The van der Waals surface area contributed by atoms with Crippen LogP contribution in [0.15, 0.2) is 24.4 Å². The molecule has 2 aliphatic rings. The van der Waals surface area contributed by atoms with Crippen molar-refractivity contribution >= 4 is 23.4 Å². The van der Waals surface area contributed by atoms with Gasteiger partial charge in [0.2, 0.25) is 5.91 Å². The molecule has 0 bridgehead atoms. The molecule has 2 aromatic rings. The van der Waals surface area contributed by atoms with Crippen LogP contribution in [0, 0.1) is 5.82 Å². The molecule has 0 radical (unpaired) electrons. The molecule has 3 heterocycles. The van der Waals surface area contributed by atoms with Gasteiger partial charge in [0.1, 0.15) is 5.82 Å². The Kier molecular flexibility index (Phi) is 4.97. The molecule has 1 saturated heterocycles. The van der Waals surface area contributed by atoms with Crippen LogP contribution in [-0.2, 0) is 29.1 Å². The Balaban J connectivity index is 1.50. The number of ether oxygens (including phenoxy) is 1. The van der Waals surface area contributed by atoms with Crippen LogP contribution >= 0.6 is 11.6 Å². The number of hydrogen-bond acceptors (Lipinski definition) is 4. The molecule has 0 spiro atoms. The standard InChI is InChI=1S/C19H20ClFN4O3/c1-11-9-25-15(17(8-23-25)28-16-4-5-22-19(16)27)10-24(11)18(26)7-12-2-3-14(21)13(20)6-12/h2-3,6,8,11,16H,4-5,7,9-10H2,1H3,(H,22,27)/t11-,16?/m0/s1. The van der Waals surface area contributed by atoms with Gasteiger partial charge in [-0.2, -0.15) is 5.10 Å². The van der Waals surface area contributed by atoms with Crippen LogP contribution in [0.3, 0.4) is 0 Å². The number of rotatable bonds is 4. The van der Waals surface area contributed by atoms with E-state index in [1.807, 2.05) is 11.6 Å². The van der Waals surface area contributed by atoms with Crippen LogP contribution in [0.1, 0.15) is 24.6 Å². The summed E-state index contributed by atoms with van der Waals surface area (Å²) in [7, 11) is 0. The fraction of sp³-hybridized carbons (Fsp3) is 0.421. The summed E-state index contributed by atoms with van der Waals surface area (Å²) in [5.74, 6) is -0.208. The highest BCUT2D eigenvalue weighted by atomic mass is 35.5. The number of hydrogen-bond donors (Lipinski definition) is 1. The molecule has 1 aromatic heterocycles. The predicted molar refractivity (Wildman–Crippen MR) is 99.4 cm³/mol. The number of carbonyl (C=O) groups is 2. The lowest BCUT2D eigenvalue weighted by Crippen LogP contribution is -2.45. The number of benzene rings is 1. The van der Waals surface area contributed by atoms with E-state index < -0.39 is 11.9 Å². The summed E-state index contributed by atoms with van der Waals surface area (Å²) in [4.78, 5) is 26.4. The summed E-state index contributed by atoms with van der Waals surface area (Å²) in [6.07, 6.45) is 1.80. The van der Waals surface area contributed by atoms with Crippen LogP contribution in [0.5, 0.6) is 5.75 Å². The van der Waals surface area contributed by atoms with Gasteiger partial charge in [-0.25, -0.2) is 4.39 Å². The molecule has 28 heavy (non-hydrogen) atoms. The van der Waals surface area contributed by atoms with Crippen molar-refractivity contribution in [3.05, 3.63) is 46.5 Å². The average Bonchev–Trinajstić information content (AvgIpc) is 3.24. The zero-order valence-electron chi connectivity index (χ0n) is 15.3. The molecule has 1 unspecified atom stereocenters. The van der Waals surface area contributed by atoms with Crippen molar-refractivity contribution in [1.82, 2.24) is 20.0 Å². The van der Waals surface area contributed by atoms with Crippen LogP contribution in [0.2, 0.25) is 5.02 Å². The van der Waals surface area contributed by atoms with Crippen LogP contribution in [0.25, 0.3) is 0 Å².